The summed E-state index contributed by atoms with van der Waals surface area (Å²) in [5.74, 6) is -0.113. The Bertz CT molecular complexity index is 763. The van der Waals surface area contributed by atoms with E-state index in [1.807, 2.05) is 32.0 Å². The Kier molecular flexibility index (Phi) is 5.56. The maximum absolute atomic E-state index is 12.1. The molecule has 1 N–H and O–H groups in total. The van der Waals surface area contributed by atoms with Crippen LogP contribution in [0.4, 0.5) is 5.69 Å². The molecule has 1 amide bonds. The number of hydrogen-bond donors (Lipinski definition) is 1. The molecule has 0 fully saturated rings. The van der Waals surface area contributed by atoms with Crippen molar-refractivity contribution in [2.24, 2.45) is 0 Å². The maximum atomic E-state index is 12.1. The van der Waals surface area contributed by atoms with Crippen LogP contribution in [0.25, 0.3) is 0 Å². The van der Waals surface area contributed by atoms with Crippen molar-refractivity contribution < 1.29 is 13.2 Å². The SMILES string of the molecule is CC(=O)N(CCNS(=O)(=O)c1cccs1)c1c(C)cccc1C. The number of rotatable bonds is 6. The second-order valence-corrected chi connectivity index (χ2v) is 8.18. The van der Waals surface area contributed by atoms with Crippen LogP contribution in [0.1, 0.15) is 18.1 Å². The van der Waals surface area contributed by atoms with Gasteiger partial charge in [0.05, 0.1) is 0 Å². The lowest BCUT2D eigenvalue weighted by Crippen LogP contribution is -2.38. The van der Waals surface area contributed by atoms with Gasteiger partial charge in [0, 0.05) is 25.7 Å². The molecule has 124 valence electrons. The average molecular weight is 352 g/mol. The Balaban J connectivity index is 2.12. The molecule has 0 saturated carbocycles. The molecule has 0 spiro atoms. The van der Waals surface area contributed by atoms with Gasteiger partial charge < -0.3 is 4.90 Å². The molecule has 2 rings (SSSR count). The molecule has 0 atom stereocenters. The standard InChI is InChI=1S/C16H20N2O3S2/c1-12-6-4-7-13(2)16(12)18(14(3)19)10-9-17-23(20,21)15-8-5-11-22-15/h4-8,11,17H,9-10H2,1-3H3. The normalized spacial score (nSPS) is 11.4. The van der Waals surface area contributed by atoms with Crippen molar-refractivity contribution in [1.82, 2.24) is 4.72 Å². The van der Waals surface area contributed by atoms with E-state index in [4.69, 9.17) is 0 Å². The van der Waals surface area contributed by atoms with Gasteiger partial charge in [0.1, 0.15) is 4.21 Å². The van der Waals surface area contributed by atoms with Gasteiger partial charge in [-0.1, -0.05) is 24.3 Å². The lowest BCUT2D eigenvalue weighted by Gasteiger charge is -2.25. The molecule has 0 unspecified atom stereocenters. The maximum Gasteiger partial charge on any atom is 0.250 e. The minimum absolute atomic E-state index is 0.113. The number of carbonyl (C=O) groups excluding carboxylic acids is 1. The quantitative estimate of drug-likeness (QED) is 0.869. The molecule has 7 heteroatoms. The molecule has 1 aromatic heterocycles. The van der Waals surface area contributed by atoms with Crippen molar-refractivity contribution in [3.63, 3.8) is 0 Å². The Morgan fingerprint density at radius 3 is 2.35 bits per heavy atom. The molecule has 1 aromatic carbocycles. The first-order valence-electron chi connectivity index (χ1n) is 7.20. The van der Waals surface area contributed by atoms with Crippen LogP contribution in [0.3, 0.4) is 0 Å². The summed E-state index contributed by atoms with van der Waals surface area (Å²) in [4.78, 5) is 13.6. The van der Waals surface area contributed by atoms with Gasteiger partial charge >= 0.3 is 0 Å². The predicted molar refractivity (Wildman–Crippen MR) is 93.5 cm³/mol. The molecule has 0 radical (unpaired) electrons. The van der Waals surface area contributed by atoms with Gasteiger partial charge in [-0.3, -0.25) is 4.79 Å². The summed E-state index contributed by atoms with van der Waals surface area (Å²) in [7, 11) is -3.51. The number of aryl methyl sites for hydroxylation is 2. The summed E-state index contributed by atoms with van der Waals surface area (Å²) in [5.41, 5.74) is 2.82. The highest BCUT2D eigenvalue weighted by Crippen LogP contribution is 2.24. The third-order valence-electron chi connectivity index (χ3n) is 3.48. The molecule has 0 aliphatic rings. The summed E-state index contributed by atoms with van der Waals surface area (Å²) in [6.07, 6.45) is 0. The zero-order valence-electron chi connectivity index (χ0n) is 13.4. The Hall–Kier alpha value is -1.70. The van der Waals surface area contributed by atoms with Crippen LogP contribution in [0.5, 0.6) is 0 Å². The van der Waals surface area contributed by atoms with Gasteiger partial charge in [0.15, 0.2) is 0 Å². The molecule has 0 aliphatic carbocycles. The average Bonchev–Trinajstić information content (AvgIpc) is 3.00. The lowest BCUT2D eigenvalue weighted by molar-refractivity contribution is -0.116. The number of hydrogen-bond acceptors (Lipinski definition) is 4. The van der Waals surface area contributed by atoms with Gasteiger partial charge in [0.25, 0.3) is 0 Å². The number of anilines is 1. The molecule has 2 aromatic rings. The number of sulfonamides is 1. The summed E-state index contributed by atoms with van der Waals surface area (Å²) in [6, 6.07) is 9.06. The summed E-state index contributed by atoms with van der Waals surface area (Å²) in [5, 5.41) is 1.72. The fourth-order valence-corrected chi connectivity index (χ4v) is 4.50. The van der Waals surface area contributed by atoms with Crippen molar-refractivity contribution in [3.8, 4) is 0 Å². The number of nitrogens with one attached hydrogen (secondary N) is 1. The highest BCUT2D eigenvalue weighted by Gasteiger charge is 2.18. The number of para-hydroxylation sites is 1. The minimum Gasteiger partial charge on any atom is -0.311 e. The van der Waals surface area contributed by atoms with E-state index in [1.165, 1.54) is 18.3 Å². The van der Waals surface area contributed by atoms with Gasteiger partial charge in [-0.15, -0.1) is 11.3 Å². The monoisotopic (exact) mass is 352 g/mol. The van der Waals surface area contributed by atoms with Crippen LogP contribution >= 0.6 is 11.3 Å². The second-order valence-electron chi connectivity index (χ2n) is 5.24. The molecule has 5 nitrogen and oxygen atoms in total. The number of benzene rings is 1. The fraction of sp³-hybridized carbons (Fsp3) is 0.312. The molecule has 0 bridgehead atoms. The van der Waals surface area contributed by atoms with Crippen molar-refractivity contribution in [2.75, 3.05) is 18.0 Å². The van der Waals surface area contributed by atoms with E-state index >= 15 is 0 Å². The largest absolute Gasteiger partial charge is 0.311 e. The van der Waals surface area contributed by atoms with Crippen LogP contribution in [0.2, 0.25) is 0 Å². The molecular weight excluding hydrogens is 332 g/mol. The van der Waals surface area contributed by atoms with Gasteiger partial charge in [0.2, 0.25) is 15.9 Å². The molecule has 0 saturated heterocycles. The highest BCUT2D eigenvalue weighted by atomic mass is 32.2. The van der Waals surface area contributed by atoms with Crippen LogP contribution in [-0.4, -0.2) is 27.4 Å². The van der Waals surface area contributed by atoms with E-state index in [0.29, 0.717) is 0 Å². The van der Waals surface area contributed by atoms with Crippen molar-refractivity contribution in [2.45, 2.75) is 25.0 Å². The first-order valence-corrected chi connectivity index (χ1v) is 9.56. The smallest absolute Gasteiger partial charge is 0.250 e. The van der Waals surface area contributed by atoms with E-state index in [0.717, 1.165) is 16.8 Å². The molecule has 1 heterocycles. The predicted octanol–water partition coefficient (Wildman–Crippen LogP) is 2.70. The van der Waals surface area contributed by atoms with E-state index in [1.54, 1.807) is 22.4 Å². The van der Waals surface area contributed by atoms with Crippen molar-refractivity contribution >= 4 is 33.0 Å². The Labute approximate surface area is 141 Å². The number of amides is 1. The van der Waals surface area contributed by atoms with E-state index < -0.39 is 10.0 Å². The third-order valence-corrected chi connectivity index (χ3v) is 6.34. The number of thiophene rings is 1. The molecule has 0 aliphatic heterocycles. The number of carbonyl (C=O) groups is 1. The van der Waals surface area contributed by atoms with Crippen molar-refractivity contribution in [3.05, 3.63) is 46.8 Å². The minimum atomic E-state index is -3.51. The Morgan fingerprint density at radius 2 is 1.83 bits per heavy atom. The molecule has 23 heavy (non-hydrogen) atoms. The first-order chi connectivity index (χ1) is 10.8. The van der Waals surface area contributed by atoms with E-state index in [9.17, 15) is 13.2 Å². The van der Waals surface area contributed by atoms with E-state index in [-0.39, 0.29) is 23.2 Å². The van der Waals surface area contributed by atoms with E-state index in [2.05, 4.69) is 4.72 Å². The second kappa shape index (κ2) is 7.25. The topological polar surface area (TPSA) is 66.5 Å². The van der Waals surface area contributed by atoms with Gasteiger partial charge in [-0.2, -0.15) is 0 Å². The summed E-state index contributed by atoms with van der Waals surface area (Å²) in [6.45, 7) is 5.81. The first kappa shape index (κ1) is 17.7. The lowest BCUT2D eigenvalue weighted by atomic mass is 10.1. The van der Waals surface area contributed by atoms with Crippen LogP contribution in [0.15, 0.2) is 39.9 Å². The zero-order chi connectivity index (χ0) is 17.0. The third kappa shape index (κ3) is 4.19. The van der Waals surface area contributed by atoms with Crippen molar-refractivity contribution in [1.29, 1.82) is 0 Å². The van der Waals surface area contributed by atoms with Gasteiger partial charge in [-0.25, -0.2) is 13.1 Å². The number of nitrogens with zero attached hydrogens (tertiary/aromatic N) is 1. The zero-order valence-corrected chi connectivity index (χ0v) is 15.0. The van der Waals surface area contributed by atoms with Crippen LogP contribution in [-0.2, 0) is 14.8 Å². The Morgan fingerprint density at radius 1 is 1.17 bits per heavy atom. The summed E-state index contributed by atoms with van der Waals surface area (Å²) < 4.78 is 27.0. The van der Waals surface area contributed by atoms with Crippen LogP contribution < -0.4 is 9.62 Å². The fourth-order valence-electron chi connectivity index (χ4n) is 2.44. The van der Waals surface area contributed by atoms with Gasteiger partial charge in [-0.05, 0) is 36.4 Å². The molecular formula is C16H20N2O3S2. The summed E-state index contributed by atoms with van der Waals surface area (Å²) >= 11 is 1.17. The van der Waals surface area contributed by atoms with Crippen LogP contribution in [0, 0.1) is 13.8 Å². The highest BCUT2D eigenvalue weighted by molar-refractivity contribution is 7.91.